The van der Waals surface area contributed by atoms with Gasteiger partial charge in [0.15, 0.2) is 6.29 Å². The van der Waals surface area contributed by atoms with Crippen molar-refractivity contribution in [2.24, 2.45) is 0 Å². The average molecular weight is 203 g/mol. The molecule has 1 atom stereocenters. The minimum absolute atomic E-state index is 0.204. The number of nitrogens with one attached hydrogen (secondary N) is 1. The van der Waals surface area contributed by atoms with Crippen LogP contribution in [0.2, 0.25) is 0 Å². The summed E-state index contributed by atoms with van der Waals surface area (Å²) in [6.07, 6.45) is 3.32. The van der Waals surface area contributed by atoms with E-state index in [-0.39, 0.29) is 5.91 Å². The van der Waals surface area contributed by atoms with E-state index in [1.807, 2.05) is 0 Å². The highest BCUT2D eigenvalue weighted by molar-refractivity contribution is 5.77. The molecule has 1 fully saturated rings. The van der Waals surface area contributed by atoms with E-state index in [2.05, 4.69) is 12.2 Å². The number of carbonyl (C=O) groups is 1. The quantitative estimate of drug-likeness (QED) is 0.530. The summed E-state index contributed by atoms with van der Waals surface area (Å²) in [7, 11) is 0. The number of hydrogen-bond donors (Lipinski definition) is 2. The Balaban J connectivity index is 0.000000249. The van der Waals surface area contributed by atoms with Gasteiger partial charge in [0.05, 0.1) is 0 Å². The Morgan fingerprint density at radius 1 is 1.64 bits per heavy atom. The van der Waals surface area contributed by atoms with Crippen molar-refractivity contribution in [2.45, 2.75) is 45.8 Å². The van der Waals surface area contributed by atoms with E-state index in [9.17, 15) is 4.79 Å². The van der Waals surface area contributed by atoms with Crippen LogP contribution >= 0.6 is 0 Å². The number of unbranched alkanes of at least 4 members (excludes halogenated alkanes) is 1. The van der Waals surface area contributed by atoms with E-state index in [4.69, 9.17) is 9.84 Å². The van der Waals surface area contributed by atoms with Crippen molar-refractivity contribution in [3.8, 4) is 0 Å². The number of amides is 1. The second kappa shape index (κ2) is 8.97. The molecule has 1 aliphatic heterocycles. The highest BCUT2D eigenvalue weighted by Gasteiger charge is 2.05. The highest BCUT2D eigenvalue weighted by atomic mass is 16.6. The SMILES string of the molecule is CCCCOC(C)O.O=C1CCCN1. The number of rotatable bonds is 4. The third-order valence-corrected chi connectivity index (χ3v) is 1.76. The minimum atomic E-state index is -0.596. The minimum Gasteiger partial charge on any atom is -0.368 e. The topological polar surface area (TPSA) is 58.6 Å². The first-order valence-electron chi connectivity index (χ1n) is 5.23. The van der Waals surface area contributed by atoms with Crippen molar-refractivity contribution in [3.63, 3.8) is 0 Å². The van der Waals surface area contributed by atoms with Crippen LogP contribution in [-0.4, -0.2) is 30.5 Å². The van der Waals surface area contributed by atoms with E-state index in [1.165, 1.54) is 0 Å². The van der Waals surface area contributed by atoms with Gasteiger partial charge in [-0.05, 0) is 19.8 Å². The van der Waals surface area contributed by atoms with Crippen LogP contribution < -0.4 is 5.32 Å². The summed E-state index contributed by atoms with van der Waals surface area (Å²) in [5.41, 5.74) is 0. The number of ether oxygens (including phenoxy) is 1. The van der Waals surface area contributed by atoms with Gasteiger partial charge in [-0.15, -0.1) is 0 Å². The van der Waals surface area contributed by atoms with Crippen LogP contribution in [0.5, 0.6) is 0 Å². The Bertz CT molecular complexity index is 140. The summed E-state index contributed by atoms with van der Waals surface area (Å²) in [5, 5.41) is 11.2. The number of aliphatic hydroxyl groups is 1. The Morgan fingerprint density at radius 2 is 2.36 bits per heavy atom. The smallest absolute Gasteiger partial charge is 0.220 e. The maximum Gasteiger partial charge on any atom is 0.220 e. The molecule has 4 heteroatoms. The molecule has 2 N–H and O–H groups in total. The van der Waals surface area contributed by atoms with Gasteiger partial charge in [-0.1, -0.05) is 13.3 Å². The molecular weight excluding hydrogens is 182 g/mol. The fourth-order valence-electron chi connectivity index (χ4n) is 0.963. The van der Waals surface area contributed by atoms with Crippen molar-refractivity contribution in [1.29, 1.82) is 0 Å². The zero-order chi connectivity index (χ0) is 10.8. The molecule has 1 aliphatic rings. The Kier molecular flexibility index (Phi) is 8.57. The standard InChI is InChI=1S/C6H14O2.C4H7NO/c1-3-4-5-8-6(2)7;6-4-2-1-3-5-4/h6-7H,3-5H2,1-2H3;1-3H2,(H,5,6). The molecule has 0 aromatic heterocycles. The zero-order valence-electron chi connectivity index (χ0n) is 9.08. The van der Waals surface area contributed by atoms with Gasteiger partial charge in [0.1, 0.15) is 0 Å². The van der Waals surface area contributed by atoms with Gasteiger partial charge in [0.25, 0.3) is 0 Å². The predicted molar refractivity (Wildman–Crippen MR) is 54.8 cm³/mol. The molecule has 0 aliphatic carbocycles. The van der Waals surface area contributed by atoms with E-state index >= 15 is 0 Å². The lowest BCUT2D eigenvalue weighted by Gasteiger charge is -2.03. The first-order chi connectivity index (χ1) is 6.66. The molecule has 1 amide bonds. The first kappa shape index (κ1) is 13.4. The molecule has 0 aromatic rings. The van der Waals surface area contributed by atoms with Gasteiger partial charge in [-0.3, -0.25) is 4.79 Å². The van der Waals surface area contributed by atoms with Crippen molar-refractivity contribution >= 4 is 5.91 Å². The molecule has 1 rings (SSSR count). The zero-order valence-corrected chi connectivity index (χ0v) is 9.08. The molecule has 1 heterocycles. The monoisotopic (exact) mass is 203 g/mol. The molecule has 84 valence electrons. The Morgan fingerprint density at radius 3 is 2.64 bits per heavy atom. The van der Waals surface area contributed by atoms with E-state index in [0.717, 1.165) is 32.2 Å². The lowest BCUT2D eigenvalue weighted by molar-refractivity contribution is -0.119. The lowest BCUT2D eigenvalue weighted by atomic mass is 10.4. The molecule has 14 heavy (non-hydrogen) atoms. The number of aliphatic hydroxyl groups excluding tert-OH is 1. The highest BCUT2D eigenvalue weighted by Crippen LogP contribution is 1.93. The largest absolute Gasteiger partial charge is 0.368 e. The molecule has 0 spiro atoms. The summed E-state index contributed by atoms with van der Waals surface area (Å²) >= 11 is 0. The molecule has 0 saturated carbocycles. The molecule has 1 unspecified atom stereocenters. The van der Waals surface area contributed by atoms with Crippen molar-refractivity contribution in [2.75, 3.05) is 13.2 Å². The molecule has 0 bridgehead atoms. The third-order valence-electron chi connectivity index (χ3n) is 1.76. The number of carbonyl (C=O) groups excluding carboxylic acids is 1. The van der Waals surface area contributed by atoms with Crippen LogP contribution in [0.1, 0.15) is 39.5 Å². The maximum atomic E-state index is 10.1. The second-order valence-electron chi connectivity index (χ2n) is 3.28. The van der Waals surface area contributed by atoms with Gasteiger partial charge in [0, 0.05) is 19.6 Å². The average Bonchev–Trinajstić information content (AvgIpc) is 2.57. The second-order valence-corrected chi connectivity index (χ2v) is 3.28. The third kappa shape index (κ3) is 9.48. The van der Waals surface area contributed by atoms with E-state index in [1.54, 1.807) is 6.92 Å². The van der Waals surface area contributed by atoms with Crippen molar-refractivity contribution in [3.05, 3.63) is 0 Å². The van der Waals surface area contributed by atoms with Gasteiger partial charge in [0.2, 0.25) is 5.91 Å². The van der Waals surface area contributed by atoms with Gasteiger partial charge in [-0.2, -0.15) is 0 Å². The van der Waals surface area contributed by atoms with Crippen molar-refractivity contribution in [1.82, 2.24) is 5.32 Å². The normalized spacial score (nSPS) is 16.9. The fourth-order valence-corrected chi connectivity index (χ4v) is 0.963. The van der Waals surface area contributed by atoms with Crippen LogP contribution in [0.15, 0.2) is 0 Å². The van der Waals surface area contributed by atoms with Gasteiger partial charge in [-0.25, -0.2) is 0 Å². The first-order valence-corrected chi connectivity index (χ1v) is 5.23. The summed E-state index contributed by atoms with van der Waals surface area (Å²) in [4.78, 5) is 10.1. The van der Waals surface area contributed by atoms with Crippen LogP contribution in [0.25, 0.3) is 0 Å². The van der Waals surface area contributed by atoms with Crippen molar-refractivity contribution < 1.29 is 14.6 Å². The molecule has 4 nitrogen and oxygen atoms in total. The predicted octanol–water partition coefficient (Wildman–Crippen LogP) is 1.04. The van der Waals surface area contributed by atoms with Crippen LogP contribution in [0.4, 0.5) is 0 Å². The summed E-state index contributed by atoms with van der Waals surface area (Å²) in [6.45, 7) is 5.27. The summed E-state index contributed by atoms with van der Waals surface area (Å²) in [6, 6.07) is 0. The van der Waals surface area contributed by atoms with Gasteiger partial charge >= 0.3 is 0 Å². The molecule has 1 saturated heterocycles. The maximum absolute atomic E-state index is 10.1. The molecule has 0 aromatic carbocycles. The van der Waals surface area contributed by atoms with Crippen LogP contribution in [0, 0.1) is 0 Å². The Hall–Kier alpha value is -0.610. The van der Waals surface area contributed by atoms with Crippen LogP contribution in [-0.2, 0) is 9.53 Å². The van der Waals surface area contributed by atoms with Gasteiger partial charge < -0.3 is 15.2 Å². The summed E-state index contributed by atoms with van der Waals surface area (Å²) in [5.74, 6) is 0.204. The fraction of sp³-hybridized carbons (Fsp3) is 0.900. The summed E-state index contributed by atoms with van der Waals surface area (Å²) < 4.78 is 4.84. The molecule has 0 radical (unpaired) electrons. The molecular formula is C10H21NO3. The van der Waals surface area contributed by atoms with Crippen LogP contribution in [0.3, 0.4) is 0 Å². The lowest BCUT2D eigenvalue weighted by Crippen LogP contribution is -2.12. The van der Waals surface area contributed by atoms with E-state index < -0.39 is 6.29 Å². The number of hydrogen-bond acceptors (Lipinski definition) is 3. The Labute approximate surface area is 85.6 Å². The van der Waals surface area contributed by atoms with E-state index in [0.29, 0.717) is 6.61 Å².